The Balaban J connectivity index is 1.69. The minimum atomic E-state index is -0.575. The van der Waals surface area contributed by atoms with E-state index in [0.29, 0.717) is 29.1 Å². The molecule has 0 spiro atoms. The number of carbonyl (C=O) groups is 2. The van der Waals surface area contributed by atoms with Gasteiger partial charge in [0.05, 0.1) is 6.04 Å². The summed E-state index contributed by atoms with van der Waals surface area (Å²) in [6.45, 7) is 4.94. The first-order valence-corrected chi connectivity index (χ1v) is 9.35. The minimum Gasteiger partial charge on any atom is -0.454 e. The van der Waals surface area contributed by atoms with Gasteiger partial charge >= 0.3 is 0 Å². The van der Waals surface area contributed by atoms with Crippen molar-refractivity contribution in [1.29, 1.82) is 0 Å². The molecule has 3 rings (SSSR count). The molecule has 2 aliphatic heterocycles. The number of hydrogen-bond donors (Lipinski definition) is 0. The highest BCUT2D eigenvalue weighted by molar-refractivity contribution is 6.04. The van der Waals surface area contributed by atoms with Crippen LogP contribution in [0.3, 0.4) is 0 Å². The number of fused-ring (bicyclic) bond motifs is 1. The summed E-state index contributed by atoms with van der Waals surface area (Å²) in [5.41, 5.74) is 1.20. The van der Waals surface area contributed by atoms with Crippen LogP contribution in [-0.4, -0.2) is 47.9 Å². The van der Waals surface area contributed by atoms with Crippen molar-refractivity contribution < 1.29 is 19.1 Å². The van der Waals surface area contributed by atoms with Crippen LogP contribution in [0.25, 0.3) is 0 Å². The molecule has 1 aromatic rings. The van der Waals surface area contributed by atoms with Crippen LogP contribution in [0.4, 0.5) is 0 Å². The first kappa shape index (κ1) is 19.0. The Hall–Kier alpha value is -2.76. The van der Waals surface area contributed by atoms with E-state index in [0.717, 1.165) is 19.4 Å². The number of allylic oxidation sites excluding steroid dienone is 1. The van der Waals surface area contributed by atoms with E-state index in [1.807, 2.05) is 23.4 Å². The number of likely N-dealkylation sites (N-methyl/N-ethyl adjacent to an activating group) is 1. The first-order valence-electron chi connectivity index (χ1n) is 9.35. The van der Waals surface area contributed by atoms with Gasteiger partial charge in [-0.05, 0) is 44.2 Å². The van der Waals surface area contributed by atoms with Gasteiger partial charge in [0.2, 0.25) is 6.79 Å². The van der Waals surface area contributed by atoms with Crippen LogP contribution in [0.15, 0.2) is 42.2 Å². The van der Waals surface area contributed by atoms with Crippen molar-refractivity contribution in [2.75, 3.05) is 20.4 Å². The van der Waals surface area contributed by atoms with Gasteiger partial charge in [0, 0.05) is 30.9 Å². The summed E-state index contributed by atoms with van der Waals surface area (Å²) >= 11 is 0. The zero-order chi connectivity index (χ0) is 19.4. The third-order valence-corrected chi connectivity index (χ3v) is 4.94. The Labute approximate surface area is 160 Å². The maximum absolute atomic E-state index is 12.9. The van der Waals surface area contributed by atoms with E-state index in [2.05, 4.69) is 6.92 Å². The molecule has 6 nitrogen and oxygen atoms in total. The Morgan fingerprint density at radius 3 is 2.81 bits per heavy atom. The normalized spacial score (nSPS) is 16.1. The van der Waals surface area contributed by atoms with Crippen LogP contribution in [0.2, 0.25) is 0 Å². The molecule has 0 saturated heterocycles. The van der Waals surface area contributed by atoms with Crippen LogP contribution in [0.1, 0.15) is 43.5 Å². The largest absolute Gasteiger partial charge is 0.454 e. The topological polar surface area (TPSA) is 59.1 Å². The highest BCUT2D eigenvalue weighted by atomic mass is 16.7. The maximum atomic E-state index is 12.9. The number of benzene rings is 1. The molecule has 1 amide bonds. The summed E-state index contributed by atoms with van der Waals surface area (Å²) in [5.74, 6) is 0.949. The summed E-state index contributed by atoms with van der Waals surface area (Å²) in [6, 6.07) is 4.53. The van der Waals surface area contributed by atoms with Gasteiger partial charge in [-0.25, -0.2) is 0 Å². The smallest absolute Gasteiger partial charge is 0.251 e. The van der Waals surface area contributed by atoms with E-state index >= 15 is 0 Å². The molecule has 1 atom stereocenters. The molecule has 0 bridgehead atoms. The molecular formula is C21H26N2O4. The number of rotatable bonds is 7. The highest BCUT2D eigenvalue weighted by Crippen LogP contribution is 2.33. The van der Waals surface area contributed by atoms with Crippen molar-refractivity contribution in [2.24, 2.45) is 0 Å². The fourth-order valence-electron chi connectivity index (χ4n) is 3.10. The van der Waals surface area contributed by atoms with Crippen molar-refractivity contribution in [3.05, 3.63) is 47.8 Å². The molecule has 2 aliphatic rings. The number of ketones is 1. The van der Waals surface area contributed by atoms with E-state index in [1.54, 1.807) is 32.2 Å². The van der Waals surface area contributed by atoms with Crippen molar-refractivity contribution >= 4 is 11.7 Å². The van der Waals surface area contributed by atoms with E-state index in [-0.39, 0.29) is 18.5 Å². The van der Waals surface area contributed by atoms with Crippen molar-refractivity contribution in [1.82, 2.24) is 9.80 Å². The molecule has 2 heterocycles. The number of Topliss-reactive ketones (excluding diaryl/α,β-unsaturated/α-hetero) is 1. The predicted molar refractivity (Wildman–Crippen MR) is 103 cm³/mol. The second kappa shape index (κ2) is 8.29. The van der Waals surface area contributed by atoms with Crippen molar-refractivity contribution in [3.63, 3.8) is 0 Å². The van der Waals surface area contributed by atoms with Crippen molar-refractivity contribution in [2.45, 2.75) is 39.2 Å². The van der Waals surface area contributed by atoms with Crippen LogP contribution in [-0.2, 0) is 4.79 Å². The lowest BCUT2D eigenvalue weighted by molar-refractivity contribution is -0.127. The first-order chi connectivity index (χ1) is 13.0. The SMILES string of the molecule is CCCCN1C=CCC(C(=O)N(C)[C@H](C)C(=O)c2ccc3c(c2)OCO3)=C1. The molecule has 0 fully saturated rings. The third kappa shape index (κ3) is 4.15. The summed E-state index contributed by atoms with van der Waals surface area (Å²) in [6.07, 6.45) is 8.64. The molecular weight excluding hydrogens is 344 g/mol. The summed E-state index contributed by atoms with van der Waals surface area (Å²) in [4.78, 5) is 29.3. The molecule has 0 radical (unpaired) electrons. The van der Waals surface area contributed by atoms with Gasteiger partial charge in [-0.3, -0.25) is 9.59 Å². The van der Waals surface area contributed by atoms with E-state index in [9.17, 15) is 9.59 Å². The Bertz CT molecular complexity index is 784. The van der Waals surface area contributed by atoms with Crippen LogP contribution >= 0.6 is 0 Å². The molecule has 0 unspecified atom stereocenters. The van der Waals surface area contributed by atoms with Crippen molar-refractivity contribution in [3.8, 4) is 11.5 Å². The lowest BCUT2D eigenvalue weighted by Gasteiger charge is -2.27. The summed E-state index contributed by atoms with van der Waals surface area (Å²) in [5, 5.41) is 0. The van der Waals surface area contributed by atoms with Gasteiger partial charge in [0.1, 0.15) is 0 Å². The number of unbranched alkanes of at least 4 members (excludes halogenated alkanes) is 1. The molecule has 1 aromatic carbocycles. The molecule has 0 aliphatic carbocycles. The number of ether oxygens (including phenoxy) is 2. The predicted octanol–water partition coefficient (Wildman–Crippen LogP) is 3.35. The number of nitrogens with zero attached hydrogens (tertiary/aromatic N) is 2. The molecule has 27 heavy (non-hydrogen) atoms. The monoisotopic (exact) mass is 370 g/mol. The molecule has 0 N–H and O–H groups in total. The summed E-state index contributed by atoms with van der Waals surface area (Å²) < 4.78 is 10.6. The lowest BCUT2D eigenvalue weighted by Crippen LogP contribution is -2.41. The van der Waals surface area contributed by atoms with Crippen LogP contribution < -0.4 is 9.47 Å². The van der Waals surface area contributed by atoms with Crippen LogP contribution in [0, 0.1) is 0 Å². The molecule has 0 aromatic heterocycles. The standard InChI is InChI=1S/C21H26N2O4/c1-4-5-10-23-11-6-7-17(13-23)21(25)22(3)15(2)20(24)16-8-9-18-19(12-16)27-14-26-18/h6,8-9,11-13,15H,4-5,7,10,14H2,1-3H3/t15-/m1/s1. The average molecular weight is 370 g/mol. The molecule has 6 heteroatoms. The van der Waals surface area contributed by atoms with E-state index in [4.69, 9.17) is 9.47 Å². The van der Waals surface area contributed by atoms with Gasteiger partial charge in [0.15, 0.2) is 17.3 Å². The number of carbonyl (C=O) groups excluding carboxylic acids is 2. The molecule has 0 saturated carbocycles. The van der Waals surface area contributed by atoms with E-state index in [1.165, 1.54) is 4.90 Å². The zero-order valence-corrected chi connectivity index (χ0v) is 16.1. The second-order valence-electron chi connectivity index (χ2n) is 6.86. The van der Waals surface area contributed by atoms with Crippen LogP contribution in [0.5, 0.6) is 11.5 Å². The van der Waals surface area contributed by atoms with Gasteiger partial charge in [-0.15, -0.1) is 0 Å². The minimum absolute atomic E-state index is 0.123. The maximum Gasteiger partial charge on any atom is 0.251 e. The Morgan fingerprint density at radius 2 is 2.04 bits per heavy atom. The highest BCUT2D eigenvalue weighted by Gasteiger charge is 2.27. The fourth-order valence-corrected chi connectivity index (χ4v) is 3.10. The Kier molecular flexibility index (Phi) is 5.84. The van der Waals surface area contributed by atoms with Gasteiger partial charge in [0.25, 0.3) is 5.91 Å². The van der Waals surface area contributed by atoms with Gasteiger partial charge < -0.3 is 19.3 Å². The van der Waals surface area contributed by atoms with Gasteiger partial charge in [-0.2, -0.15) is 0 Å². The summed E-state index contributed by atoms with van der Waals surface area (Å²) in [7, 11) is 1.67. The quantitative estimate of drug-likeness (QED) is 0.689. The molecule has 144 valence electrons. The lowest BCUT2D eigenvalue weighted by atomic mass is 10.0. The third-order valence-electron chi connectivity index (χ3n) is 4.94. The second-order valence-corrected chi connectivity index (χ2v) is 6.86. The van der Waals surface area contributed by atoms with E-state index < -0.39 is 6.04 Å². The average Bonchev–Trinajstić information content (AvgIpc) is 3.18. The number of hydrogen-bond acceptors (Lipinski definition) is 5. The number of amides is 1. The Morgan fingerprint density at radius 1 is 1.26 bits per heavy atom. The fraction of sp³-hybridized carbons (Fsp3) is 0.429. The zero-order valence-electron chi connectivity index (χ0n) is 16.1. The van der Waals surface area contributed by atoms with Gasteiger partial charge in [-0.1, -0.05) is 19.4 Å².